The number of anilines is 1. The molecule has 162 valence electrons. The molecule has 3 aromatic rings. The van der Waals surface area contributed by atoms with Crippen molar-refractivity contribution in [1.29, 1.82) is 0 Å². The van der Waals surface area contributed by atoms with Gasteiger partial charge in [0.25, 0.3) is 0 Å². The second-order valence-corrected chi connectivity index (χ2v) is 6.26. The van der Waals surface area contributed by atoms with Gasteiger partial charge in [-0.05, 0) is 31.2 Å². The molecule has 0 saturated heterocycles. The summed E-state index contributed by atoms with van der Waals surface area (Å²) in [5.74, 6) is 0.00392. The number of methoxy groups -OCH3 is 2. The maximum atomic E-state index is 12.6. The van der Waals surface area contributed by atoms with Gasteiger partial charge in [-0.1, -0.05) is 6.07 Å². The summed E-state index contributed by atoms with van der Waals surface area (Å²) < 4.78 is 25.9. The highest BCUT2D eigenvalue weighted by Crippen LogP contribution is 2.31. The van der Waals surface area contributed by atoms with Crippen LogP contribution >= 0.6 is 0 Å². The molecule has 0 unspecified atom stereocenters. The van der Waals surface area contributed by atoms with E-state index in [4.69, 9.17) is 23.4 Å². The first-order valence-corrected chi connectivity index (χ1v) is 9.35. The van der Waals surface area contributed by atoms with Gasteiger partial charge in [0.1, 0.15) is 17.8 Å². The lowest BCUT2D eigenvalue weighted by molar-refractivity contribution is 0.0469. The Kier molecular flexibility index (Phi) is 6.76. The number of rotatable bonds is 7. The fourth-order valence-electron chi connectivity index (χ4n) is 2.98. The van der Waals surface area contributed by atoms with Crippen molar-refractivity contribution in [2.24, 2.45) is 0 Å². The van der Waals surface area contributed by atoms with E-state index in [1.165, 1.54) is 26.4 Å². The Morgan fingerprint density at radius 3 is 2.55 bits per heavy atom. The predicted molar refractivity (Wildman–Crippen MR) is 112 cm³/mol. The summed E-state index contributed by atoms with van der Waals surface area (Å²) in [7, 11) is 2.89. The largest absolute Gasteiger partial charge is 0.493 e. The molecule has 1 N–H and O–H groups in total. The number of nitrogens with one attached hydrogen (secondary N) is 1. The lowest BCUT2D eigenvalue weighted by Crippen LogP contribution is -2.13. The summed E-state index contributed by atoms with van der Waals surface area (Å²) in [4.78, 5) is 36.2. The minimum absolute atomic E-state index is 0.175. The molecule has 2 aromatic carbocycles. The number of carbonyl (C=O) groups is 2. The van der Waals surface area contributed by atoms with E-state index in [1.54, 1.807) is 37.3 Å². The number of carbonyl (C=O) groups excluding carboxylic acids is 2. The average molecular weight is 427 g/mol. The predicted octanol–water partition coefficient (Wildman–Crippen LogP) is 3.74. The number of benzene rings is 2. The number of esters is 1. The van der Waals surface area contributed by atoms with Gasteiger partial charge in [0.15, 0.2) is 11.5 Å². The van der Waals surface area contributed by atoms with Gasteiger partial charge < -0.3 is 23.4 Å². The van der Waals surface area contributed by atoms with Crippen LogP contribution in [0.5, 0.6) is 11.5 Å². The molecule has 9 nitrogen and oxygen atoms in total. The highest BCUT2D eigenvalue weighted by atomic mass is 16.5. The maximum absolute atomic E-state index is 12.6. The van der Waals surface area contributed by atoms with Crippen molar-refractivity contribution in [2.75, 3.05) is 26.1 Å². The van der Waals surface area contributed by atoms with Gasteiger partial charge in [-0.15, -0.1) is 0 Å². The van der Waals surface area contributed by atoms with Gasteiger partial charge in [-0.2, -0.15) is 0 Å². The van der Waals surface area contributed by atoms with Crippen molar-refractivity contribution in [3.8, 4) is 11.5 Å². The van der Waals surface area contributed by atoms with Crippen LogP contribution in [0.25, 0.3) is 11.0 Å². The second-order valence-electron chi connectivity index (χ2n) is 6.26. The zero-order chi connectivity index (χ0) is 22.4. The number of ether oxygens (including phenoxy) is 4. The monoisotopic (exact) mass is 427 g/mol. The molecule has 0 bridgehead atoms. The van der Waals surface area contributed by atoms with Crippen LogP contribution in [0.1, 0.15) is 22.8 Å². The Labute approximate surface area is 177 Å². The summed E-state index contributed by atoms with van der Waals surface area (Å²) in [6.07, 6.45) is -0.624. The fourth-order valence-corrected chi connectivity index (χ4v) is 2.98. The van der Waals surface area contributed by atoms with E-state index in [1.807, 2.05) is 0 Å². The third-order valence-corrected chi connectivity index (χ3v) is 4.33. The average Bonchev–Trinajstić information content (AvgIpc) is 2.76. The molecule has 0 fully saturated rings. The van der Waals surface area contributed by atoms with Gasteiger partial charge in [0, 0.05) is 28.8 Å². The molecule has 0 spiro atoms. The topological polar surface area (TPSA) is 113 Å². The molecule has 0 aliphatic carbocycles. The Morgan fingerprint density at radius 2 is 1.84 bits per heavy atom. The maximum Gasteiger partial charge on any atom is 0.411 e. The first-order chi connectivity index (χ1) is 15.0. The molecule has 1 heterocycles. The zero-order valence-electron chi connectivity index (χ0n) is 17.2. The van der Waals surface area contributed by atoms with Crippen molar-refractivity contribution in [3.63, 3.8) is 0 Å². The van der Waals surface area contributed by atoms with Crippen LogP contribution in [-0.4, -0.2) is 32.9 Å². The van der Waals surface area contributed by atoms with Crippen LogP contribution in [-0.2, 0) is 16.1 Å². The van der Waals surface area contributed by atoms with E-state index in [2.05, 4.69) is 5.32 Å². The first kappa shape index (κ1) is 21.7. The molecule has 1 aromatic heterocycles. The van der Waals surface area contributed by atoms with Crippen LogP contribution < -0.4 is 20.4 Å². The van der Waals surface area contributed by atoms with Crippen LogP contribution in [0.15, 0.2) is 51.7 Å². The van der Waals surface area contributed by atoms with Crippen LogP contribution in [0.4, 0.5) is 10.5 Å². The first-order valence-electron chi connectivity index (χ1n) is 9.35. The zero-order valence-corrected chi connectivity index (χ0v) is 17.2. The minimum Gasteiger partial charge on any atom is -0.493 e. The summed E-state index contributed by atoms with van der Waals surface area (Å²) in [5.41, 5.74) is 0.640. The van der Waals surface area contributed by atoms with E-state index in [0.717, 1.165) is 0 Å². The van der Waals surface area contributed by atoms with Crippen molar-refractivity contribution in [1.82, 2.24) is 0 Å². The number of amides is 1. The molecule has 0 aliphatic heterocycles. The van der Waals surface area contributed by atoms with Gasteiger partial charge >= 0.3 is 17.7 Å². The van der Waals surface area contributed by atoms with Crippen LogP contribution in [0.2, 0.25) is 0 Å². The van der Waals surface area contributed by atoms with Crippen molar-refractivity contribution in [3.05, 3.63) is 64.0 Å². The number of hydrogen-bond acceptors (Lipinski definition) is 8. The van der Waals surface area contributed by atoms with E-state index in [9.17, 15) is 14.4 Å². The van der Waals surface area contributed by atoms with Crippen molar-refractivity contribution >= 4 is 28.7 Å². The second kappa shape index (κ2) is 9.66. The normalized spacial score (nSPS) is 10.4. The fraction of sp³-hybridized carbons (Fsp3) is 0.227. The highest BCUT2D eigenvalue weighted by Gasteiger charge is 2.18. The molecule has 1 amide bonds. The Bertz CT molecular complexity index is 1170. The van der Waals surface area contributed by atoms with Gasteiger partial charge in [0.05, 0.1) is 20.8 Å². The Balaban J connectivity index is 1.84. The van der Waals surface area contributed by atoms with E-state index < -0.39 is 17.7 Å². The van der Waals surface area contributed by atoms with Crippen LogP contribution in [0, 0.1) is 0 Å². The summed E-state index contributed by atoms with van der Waals surface area (Å²) in [6.45, 7) is 1.74. The molecule has 3 rings (SSSR count). The molecule has 0 atom stereocenters. The lowest BCUT2D eigenvalue weighted by atomic mass is 10.1. The van der Waals surface area contributed by atoms with Gasteiger partial charge in [-0.3, -0.25) is 5.32 Å². The molecular formula is C22H21NO8. The Hall–Kier alpha value is -4.01. The Morgan fingerprint density at radius 1 is 1.03 bits per heavy atom. The smallest absolute Gasteiger partial charge is 0.411 e. The minimum atomic E-state index is -0.641. The summed E-state index contributed by atoms with van der Waals surface area (Å²) in [6, 6.07) is 10.9. The summed E-state index contributed by atoms with van der Waals surface area (Å²) >= 11 is 0. The number of hydrogen-bond donors (Lipinski definition) is 1. The van der Waals surface area contributed by atoms with E-state index >= 15 is 0 Å². The lowest BCUT2D eigenvalue weighted by Gasteiger charge is -2.12. The third-order valence-electron chi connectivity index (χ3n) is 4.33. The number of para-hydroxylation sites is 1. The molecule has 31 heavy (non-hydrogen) atoms. The van der Waals surface area contributed by atoms with Crippen LogP contribution in [0.3, 0.4) is 0 Å². The van der Waals surface area contributed by atoms with Crippen molar-refractivity contribution < 1.29 is 33.0 Å². The standard InChI is InChI=1S/C22H21NO8/c1-4-29-22(26)23-14-8-9-15-13(10-19(24)31-18(15)11-14)12-30-21(25)16-6-5-7-17(27-2)20(16)28-3/h5-11H,4,12H2,1-3H3,(H,23,26). The molecular weight excluding hydrogens is 406 g/mol. The highest BCUT2D eigenvalue weighted by molar-refractivity contribution is 5.94. The van der Waals surface area contributed by atoms with Crippen molar-refractivity contribution in [2.45, 2.75) is 13.5 Å². The molecule has 9 heteroatoms. The summed E-state index contributed by atoms with van der Waals surface area (Å²) in [5, 5.41) is 3.09. The molecule has 0 aliphatic rings. The van der Waals surface area contributed by atoms with E-state index in [0.29, 0.717) is 22.4 Å². The van der Waals surface area contributed by atoms with E-state index in [-0.39, 0.29) is 30.1 Å². The quantitative estimate of drug-likeness (QED) is 0.448. The van der Waals surface area contributed by atoms with Gasteiger partial charge in [0.2, 0.25) is 0 Å². The molecule has 0 saturated carbocycles. The molecule has 0 radical (unpaired) electrons. The number of fused-ring (bicyclic) bond motifs is 1. The van der Waals surface area contributed by atoms with Gasteiger partial charge in [-0.25, -0.2) is 14.4 Å². The SMILES string of the molecule is CCOC(=O)Nc1ccc2c(COC(=O)c3cccc(OC)c3OC)cc(=O)oc2c1. The third kappa shape index (κ3) is 4.95.